The third-order valence-electron chi connectivity index (χ3n) is 2.84. The van der Waals surface area contributed by atoms with Gasteiger partial charge in [0.05, 0.1) is 19.7 Å². The first-order chi connectivity index (χ1) is 8.30. The molecule has 0 aliphatic rings. The number of nitrogens with zero attached hydrogens (tertiary/aromatic N) is 1. The van der Waals surface area contributed by atoms with E-state index in [1.807, 2.05) is 24.4 Å². The minimum absolute atomic E-state index is 0.195. The molecule has 1 aromatic carbocycles. The Kier molecular flexibility index (Phi) is 3.54. The number of aromatic nitrogens is 1. The molecule has 0 spiro atoms. The number of fused-ring (bicyclic) bond motifs is 1. The van der Waals surface area contributed by atoms with E-state index in [0.29, 0.717) is 0 Å². The molecule has 4 nitrogen and oxygen atoms in total. The second-order valence-corrected chi connectivity index (χ2v) is 3.85. The number of hydrogen-bond acceptors (Lipinski definition) is 3. The van der Waals surface area contributed by atoms with Gasteiger partial charge in [-0.2, -0.15) is 0 Å². The standard InChI is InChI=1S/C13H17NO3/c1-16-10-8-12-11(13(9-10)17-2)4-6-14(12)5-3-7-15/h4,6,8-9,15H,3,5,7H2,1-2H3. The maximum absolute atomic E-state index is 8.88. The minimum atomic E-state index is 0.195. The van der Waals surface area contributed by atoms with E-state index in [-0.39, 0.29) is 6.61 Å². The minimum Gasteiger partial charge on any atom is -0.497 e. The maximum atomic E-state index is 8.88. The van der Waals surface area contributed by atoms with Crippen molar-refractivity contribution >= 4 is 10.9 Å². The summed E-state index contributed by atoms with van der Waals surface area (Å²) in [6.07, 6.45) is 2.74. The molecule has 0 bridgehead atoms. The van der Waals surface area contributed by atoms with Gasteiger partial charge in [0.1, 0.15) is 11.5 Å². The highest BCUT2D eigenvalue weighted by Crippen LogP contribution is 2.31. The van der Waals surface area contributed by atoms with Gasteiger partial charge in [-0.15, -0.1) is 0 Å². The van der Waals surface area contributed by atoms with Crippen LogP contribution in [0.2, 0.25) is 0 Å². The van der Waals surface area contributed by atoms with Crippen molar-refractivity contribution in [1.29, 1.82) is 0 Å². The summed E-state index contributed by atoms with van der Waals surface area (Å²) in [7, 11) is 3.29. The molecule has 2 aromatic rings. The van der Waals surface area contributed by atoms with E-state index in [0.717, 1.165) is 35.4 Å². The van der Waals surface area contributed by atoms with Gasteiger partial charge >= 0.3 is 0 Å². The smallest absolute Gasteiger partial charge is 0.131 e. The quantitative estimate of drug-likeness (QED) is 0.862. The van der Waals surface area contributed by atoms with Gasteiger partial charge in [0, 0.05) is 36.9 Å². The molecule has 1 heterocycles. The predicted octanol–water partition coefficient (Wildman–Crippen LogP) is 2.04. The molecular weight excluding hydrogens is 218 g/mol. The maximum Gasteiger partial charge on any atom is 0.131 e. The molecule has 0 radical (unpaired) electrons. The molecule has 4 heteroatoms. The van der Waals surface area contributed by atoms with Crippen molar-refractivity contribution in [2.24, 2.45) is 0 Å². The van der Waals surface area contributed by atoms with Crippen LogP contribution in [0.15, 0.2) is 24.4 Å². The van der Waals surface area contributed by atoms with Crippen molar-refractivity contribution in [3.63, 3.8) is 0 Å². The van der Waals surface area contributed by atoms with Gasteiger partial charge in [-0.3, -0.25) is 0 Å². The van der Waals surface area contributed by atoms with Gasteiger partial charge in [-0.1, -0.05) is 0 Å². The molecule has 0 unspecified atom stereocenters. The van der Waals surface area contributed by atoms with Crippen LogP contribution < -0.4 is 9.47 Å². The van der Waals surface area contributed by atoms with Crippen molar-refractivity contribution in [3.8, 4) is 11.5 Å². The van der Waals surface area contributed by atoms with Gasteiger partial charge in [0.15, 0.2) is 0 Å². The number of aliphatic hydroxyl groups is 1. The topological polar surface area (TPSA) is 43.6 Å². The van der Waals surface area contributed by atoms with Gasteiger partial charge in [-0.05, 0) is 12.5 Å². The molecule has 2 rings (SSSR count). The number of methoxy groups -OCH3 is 2. The first kappa shape index (κ1) is 11.8. The van der Waals surface area contributed by atoms with Crippen LogP contribution in [0, 0.1) is 0 Å². The van der Waals surface area contributed by atoms with E-state index in [1.165, 1.54) is 0 Å². The summed E-state index contributed by atoms with van der Waals surface area (Å²) >= 11 is 0. The molecular formula is C13H17NO3. The Morgan fingerprint density at radius 1 is 1.24 bits per heavy atom. The summed E-state index contributed by atoms with van der Waals surface area (Å²) in [5.41, 5.74) is 1.06. The van der Waals surface area contributed by atoms with Crippen LogP contribution in [0.5, 0.6) is 11.5 Å². The first-order valence-corrected chi connectivity index (χ1v) is 5.62. The van der Waals surface area contributed by atoms with Crippen LogP contribution in [-0.2, 0) is 6.54 Å². The third kappa shape index (κ3) is 2.22. The largest absolute Gasteiger partial charge is 0.497 e. The Hall–Kier alpha value is -1.68. The zero-order valence-electron chi connectivity index (χ0n) is 10.1. The van der Waals surface area contributed by atoms with E-state index < -0.39 is 0 Å². The number of ether oxygens (including phenoxy) is 2. The fourth-order valence-corrected chi connectivity index (χ4v) is 1.96. The number of aliphatic hydroxyl groups excluding tert-OH is 1. The van der Waals surface area contributed by atoms with E-state index in [9.17, 15) is 0 Å². The van der Waals surface area contributed by atoms with Crippen LogP contribution in [0.25, 0.3) is 10.9 Å². The van der Waals surface area contributed by atoms with Gasteiger partial charge in [-0.25, -0.2) is 0 Å². The summed E-state index contributed by atoms with van der Waals surface area (Å²) in [5.74, 6) is 1.58. The molecule has 0 fully saturated rings. The normalized spacial score (nSPS) is 10.8. The highest BCUT2D eigenvalue weighted by Gasteiger charge is 2.08. The lowest BCUT2D eigenvalue weighted by Gasteiger charge is -2.08. The Labute approximate surface area is 100 Å². The second-order valence-electron chi connectivity index (χ2n) is 3.85. The number of rotatable bonds is 5. The lowest BCUT2D eigenvalue weighted by molar-refractivity contribution is 0.280. The average Bonchev–Trinajstić information content (AvgIpc) is 2.78. The number of aryl methyl sites for hydroxylation is 1. The second kappa shape index (κ2) is 5.10. The summed E-state index contributed by atoms with van der Waals surface area (Å²) in [5, 5.41) is 9.94. The monoisotopic (exact) mass is 235 g/mol. The molecule has 92 valence electrons. The van der Waals surface area contributed by atoms with Gasteiger partial charge in [0.2, 0.25) is 0 Å². The van der Waals surface area contributed by atoms with Crippen molar-refractivity contribution in [2.75, 3.05) is 20.8 Å². The first-order valence-electron chi connectivity index (χ1n) is 5.62. The summed E-state index contributed by atoms with van der Waals surface area (Å²) < 4.78 is 12.7. The van der Waals surface area contributed by atoms with Crippen molar-refractivity contribution in [1.82, 2.24) is 4.57 Å². The van der Waals surface area contributed by atoms with Crippen LogP contribution in [0.4, 0.5) is 0 Å². The molecule has 0 saturated heterocycles. The zero-order chi connectivity index (χ0) is 12.3. The van der Waals surface area contributed by atoms with E-state index >= 15 is 0 Å². The molecule has 1 N–H and O–H groups in total. The summed E-state index contributed by atoms with van der Waals surface area (Å²) in [4.78, 5) is 0. The fraction of sp³-hybridized carbons (Fsp3) is 0.385. The molecule has 0 aliphatic carbocycles. The fourth-order valence-electron chi connectivity index (χ4n) is 1.96. The molecule has 0 aliphatic heterocycles. The average molecular weight is 235 g/mol. The Balaban J connectivity index is 2.50. The van der Waals surface area contributed by atoms with Gasteiger partial charge < -0.3 is 19.1 Å². The highest BCUT2D eigenvalue weighted by atomic mass is 16.5. The SMILES string of the molecule is COc1cc(OC)c2ccn(CCCO)c2c1. The summed E-state index contributed by atoms with van der Waals surface area (Å²) in [6, 6.07) is 5.87. The molecule has 1 aromatic heterocycles. The Morgan fingerprint density at radius 3 is 2.71 bits per heavy atom. The Bertz CT molecular complexity index is 505. The lowest BCUT2D eigenvalue weighted by Crippen LogP contribution is -1.98. The summed E-state index contributed by atoms with van der Waals surface area (Å²) in [6.45, 7) is 0.983. The van der Waals surface area contributed by atoms with Crippen molar-refractivity contribution < 1.29 is 14.6 Å². The lowest BCUT2D eigenvalue weighted by atomic mass is 10.2. The van der Waals surface area contributed by atoms with Crippen LogP contribution >= 0.6 is 0 Å². The van der Waals surface area contributed by atoms with E-state index in [2.05, 4.69) is 4.57 Å². The number of benzene rings is 1. The van der Waals surface area contributed by atoms with E-state index in [1.54, 1.807) is 14.2 Å². The zero-order valence-corrected chi connectivity index (χ0v) is 10.1. The third-order valence-corrected chi connectivity index (χ3v) is 2.84. The highest BCUT2D eigenvalue weighted by molar-refractivity contribution is 5.88. The van der Waals surface area contributed by atoms with Crippen LogP contribution in [-0.4, -0.2) is 30.5 Å². The molecule has 17 heavy (non-hydrogen) atoms. The van der Waals surface area contributed by atoms with Crippen molar-refractivity contribution in [3.05, 3.63) is 24.4 Å². The van der Waals surface area contributed by atoms with Crippen LogP contribution in [0.3, 0.4) is 0 Å². The van der Waals surface area contributed by atoms with Crippen molar-refractivity contribution in [2.45, 2.75) is 13.0 Å². The number of hydrogen-bond donors (Lipinski definition) is 1. The Morgan fingerprint density at radius 2 is 2.06 bits per heavy atom. The molecule has 0 atom stereocenters. The van der Waals surface area contributed by atoms with Crippen LogP contribution in [0.1, 0.15) is 6.42 Å². The van der Waals surface area contributed by atoms with Gasteiger partial charge in [0.25, 0.3) is 0 Å². The predicted molar refractivity (Wildman–Crippen MR) is 66.7 cm³/mol. The van der Waals surface area contributed by atoms with E-state index in [4.69, 9.17) is 14.6 Å². The molecule has 0 amide bonds. The molecule has 0 saturated carbocycles.